The van der Waals surface area contributed by atoms with Crippen LogP contribution in [0.3, 0.4) is 0 Å². The molecule has 0 saturated carbocycles. The van der Waals surface area contributed by atoms with Gasteiger partial charge in [0.1, 0.15) is 5.75 Å². The van der Waals surface area contributed by atoms with Gasteiger partial charge in [0.05, 0.1) is 26.2 Å². The maximum atomic E-state index is 5.52. The first-order chi connectivity index (χ1) is 8.35. The molecule has 0 aliphatic carbocycles. The molecule has 92 valence electrons. The minimum Gasteiger partial charge on any atom is -0.496 e. The van der Waals surface area contributed by atoms with Crippen molar-refractivity contribution in [1.82, 2.24) is 5.43 Å². The van der Waals surface area contributed by atoms with Crippen LogP contribution in [0.5, 0.6) is 5.75 Å². The quantitative estimate of drug-likeness (QED) is 0.870. The molecule has 1 unspecified atom stereocenters. The Morgan fingerprint density at radius 2 is 2.24 bits per heavy atom. The van der Waals surface area contributed by atoms with E-state index in [0.29, 0.717) is 0 Å². The van der Waals surface area contributed by atoms with Crippen LogP contribution in [0.15, 0.2) is 29.4 Å². The predicted octanol–water partition coefficient (Wildman–Crippen LogP) is 2.47. The zero-order valence-electron chi connectivity index (χ0n) is 10.3. The minimum absolute atomic E-state index is 0.151. The van der Waals surface area contributed by atoms with Crippen LogP contribution in [0.4, 0.5) is 0 Å². The summed E-state index contributed by atoms with van der Waals surface area (Å²) >= 11 is 0. The van der Waals surface area contributed by atoms with Crippen LogP contribution in [0, 0.1) is 0 Å². The molecule has 1 atom stereocenters. The number of para-hydroxylation sites is 1. The van der Waals surface area contributed by atoms with Crippen molar-refractivity contribution in [3.63, 3.8) is 0 Å². The lowest BCUT2D eigenvalue weighted by Gasteiger charge is -2.13. The van der Waals surface area contributed by atoms with Gasteiger partial charge in [0.25, 0.3) is 0 Å². The number of hydrogen-bond donors (Lipinski definition) is 1. The summed E-state index contributed by atoms with van der Waals surface area (Å²) in [6.07, 6.45) is 1.78. The summed E-state index contributed by atoms with van der Waals surface area (Å²) in [4.78, 5) is 0. The first-order valence-electron chi connectivity index (χ1n) is 5.93. The summed E-state index contributed by atoms with van der Waals surface area (Å²) in [5.41, 5.74) is 4.21. The molecule has 17 heavy (non-hydrogen) atoms. The molecular weight excluding hydrogens is 216 g/mol. The standard InChI is InChI=1S/C13H18N2O2/c1-3-8-17-13-9-11(14-15-13)10-6-4-5-7-12(10)16-2/h4-7,11,14H,3,8-9H2,1-2H3. The van der Waals surface area contributed by atoms with Crippen molar-refractivity contribution in [2.45, 2.75) is 25.8 Å². The van der Waals surface area contributed by atoms with Gasteiger partial charge < -0.3 is 9.47 Å². The van der Waals surface area contributed by atoms with Crippen LogP contribution in [0.2, 0.25) is 0 Å². The first-order valence-corrected chi connectivity index (χ1v) is 5.93. The fourth-order valence-corrected chi connectivity index (χ4v) is 1.86. The van der Waals surface area contributed by atoms with Gasteiger partial charge in [0.15, 0.2) is 0 Å². The predicted molar refractivity (Wildman–Crippen MR) is 67.2 cm³/mol. The lowest BCUT2D eigenvalue weighted by atomic mass is 10.0. The molecule has 0 fully saturated rings. The zero-order valence-corrected chi connectivity index (χ0v) is 10.3. The van der Waals surface area contributed by atoms with Crippen molar-refractivity contribution in [2.24, 2.45) is 5.10 Å². The largest absolute Gasteiger partial charge is 0.496 e. The van der Waals surface area contributed by atoms with Gasteiger partial charge in [-0.15, -0.1) is 5.10 Å². The summed E-state index contributed by atoms with van der Waals surface area (Å²) in [5, 5.41) is 4.20. The van der Waals surface area contributed by atoms with E-state index >= 15 is 0 Å². The Kier molecular flexibility index (Phi) is 3.85. The molecule has 0 bridgehead atoms. The van der Waals surface area contributed by atoms with E-state index in [1.807, 2.05) is 18.2 Å². The molecule has 0 aromatic heterocycles. The van der Waals surface area contributed by atoms with Crippen molar-refractivity contribution in [3.05, 3.63) is 29.8 Å². The van der Waals surface area contributed by atoms with Crippen LogP contribution in [-0.4, -0.2) is 19.6 Å². The normalized spacial score (nSPS) is 18.5. The number of rotatable bonds is 4. The minimum atomic E-state index is 0.151. The van der Waals surface area contributed by atoms with Gasteiger partial charge in [-0.1, -0.05) is 25.1 Å². The highest BCUT2D eigenvalue weighted by Gasteiger charge is 2.23. The lowest BCUT2D eigenvalue weighted by Crippen LogP contribution is -2.11. The van der Waals surface area contributed by atoms with E-state index in [2.05, 4.69) is 23.5 Å². The average Bonchev–Trinajstić information content (AvgIpc) is 2.85. The van der Waals surface area contributed by atoms with Gasteiger partial charge >= 0.3 is 0 Å². The average molecular weight is 234 g/mol. The maximum Gasteiger partial charge on any atom is 0.208 e. The Hall–Kier alpha value is -1.71. The van der Waals surface area contributed by atoms with Gasteiger partial charge in [-0.05, 0) is 12.5 Å². The van der Waals surface area contributed by atoms with E-state index < -0.39 is 0 Å². The second kappa shape index (κ2) is 5.57. The lowest BCUT2D eigenvalue weighted by molar-refractivity contribution is 0.297. The van der Waals surface area contributed by atoms with Crippen LogP contribution in [0.25, 0.3) is 0 Å². The molecule has 1 aromatic carbocycles. The number of benzene rings is 1. The molecule has 0 saturated heterocycles. The summed E-state index contributed by atoms with van der Waals surface area (Å²) in [5.74, 6) is 1.67. The second-order valence-electron chi connectivity index (χ2n) is 3.98. The van der Waals surface area contributed by atoms with E-state index in [-0.39, 0.29) is 6.04 Å². The fraction of sp³-hybridized carbons (Fsp3) is 0.462. The van der Waals surface area contributed by atoms with Crippen molar-refractivity contribution in [1.29, 1.82) is 0 Å². The number of nitrogens with one attached hydrogen (secondary N) is 1. The summed E-state index contributed by atoms with van der Waals surface area (Å²) in [6.45, 7) is 2.81. The second-order valence-corrected chi connectivity index (χ2v) is 3.98. The highest BCUT2D eigenvalue weighted by atomic mass is 16.5. The molecule has 4 nitrogen and oxygen atoms in total. The van der Waals surface area contributed by atoms with Crippen LogP contribution in [0.1, 0.15) is 31.4 Å². The SMILES string of the molecule is CCCOC1=NNC(c2ccccc2OC)C1. The van der Waals surface area contributed by atoms with Gasteiger partial charge in [-0.2, -0.15) is 0 Å². The van der Waals surface area contributed by atoms with E-state index in [9.17, 15) is 0 Å². The van der Waals surface area contributed by atoms with Crippen molar-refractivity contribution >= 4 is 5.90 Å². The number of methoxy groups -OCH3 is 1. The molecule has 2 rings (SSSR count). The van der Waals surface area contributed by atoms with Gasteiger partial charge in [0, 0.05) is 5.56 Å². The van der Waals surface area contributed by atoms with Crippen molar-refractivity contribution in [2.75, 3.05) is 13.7 Å². The first kappa shape index (κ1) is 11.8. The Bertz CT molecular complexity index is 404. The molecule has 1 N–H and O–H groups in total. The molecule has 1 aliphatic heterocycles. The zero-order chi connectivity index (χ0) is 12.1. The summed E-state index contributed by atoms with van der Waals surface area (Å²) in [6, 6.07) is 8.13. The molecule has 0 spiro atoms. The van der Waals surface area contributed by atoms with E-state index in [1.165, 1.54) is 0 Å². The highest BCUT2D eigenvalue weighted by Crippen LogP contribution is 2.29. The molecule has 1 aliphatic rings. The monoisotopic (exact) mass is 234 g/mol. The molecule has 4 heteroatoms. The number of nitrogens with zero attached hydrogens (tertiary/aromatic N) is 1. The Balaban J connectivity index is 2.02. The number of ether oxygens (including phenoxy) is 2. The van der Waals surface area contributed by atoms with Crippen LogP contribution >= 0.6 is 0 Å². The molecule has 0 amide bonds. The van der Waals surface area contributed by atoms with Crippen LogP contribution in [-0.2, 0) is 4.74 Å². The van der Waals surface area contributed by atoms with E-state index in [0.717, 1.165) is 36.7 Å². The topological polar surface area (TPSA) is 42.8 Å². The highest BCUT2D eigenvalue weighted by molar-refractivity contribution is 5.78. The van der Waals surface area contributed by atoms with Crippen molar-refractivity contribution in [3.8, 4) is 5.75 Å². The molecule has 1 heterocycles. The van der Waals surface area contributed by atoms with E-state index in [4.69, 9.17) is 9.47 Å². The third-order valence-corrected chi connectivity index (χ3v) is 2.71. The fourth-order valence-electron chi connectivity index (χ4n) is 1.86. The van der Waals surface area contributed by atoms with Gasteiger partial charge in [-0.25, -0.2) is 0 Å². The third-order valence-electron chi connectivity index (χ3n) is 2.71. The van der Waals surface area contributed by atoms with Crippen LogP contribution < -0.4 is 10.2 Å². The number of hydrazone groups is 1. The van der Waals surface area contributed by atoms with Crippen molar-refractivity contribution < 1.29 is 9.47 Å². The molecule has 0 radical (unpaired) electrons. The molecular formula is C13H18N2O2. The Morgan fingerprint density at radius 3 is 3.00 bits per heavy atom. The van der Waals surface area contributed by atoms with E-state index in [1.54, 1.807) is 7.11 Å². The third kappa shape index (κ3) is 2.70. The Labute approximate surface area is 102 Å². The van der Waals surface area contributed by atoms with Gasteiger partial charge in [0.2, 0.25) is 5.90 Å². The summed E-state index contributed by atoms with van der Waals surface area (Å²) in [7, 11) is 1.68. The summed E-state index contributed by atoms with van der Waals surface area (Å²) < 4.78 is 10.9. The smallest absolute Gasteiger partial charge is 0.208 e. The Morgan fingerprint density at radius 1 is 1.41 bits per heavy atom. The van der Waals surface area contributed by atoms with Gasteiger partial charge in [-0.3, -0.25) is 5.43 Å². The maximum absolute atomic E-state index is 5.52. The number of hydrogen-bond acceptors (Lipinski definition) is 4. The molecule has 1 aromatic rings.